The number of phenolic OH excluding ortho intramolecular Hbond substituents is 2. The van der Waals surface area contributed by atoms with E-state index in [1.807, 2.05) is 24.3 Å². The molecule has 0 aliphatic heterocycles. The van der Waals surface area contributed by atoms with Gasteiger partial charge in [-0.1, -0.05) is 36.4 Å². The second-order valence-corrected chi connectivity index (χ2v) is 4.49. The fraction of sp³-hybridized carbons (Fsp3) is 0. The van der Waals surface area contributed by atoms with Crippen molar-refractivity contribution in [3.8, 4) is 11.5 Å². The molecule has 0 radical (unpaired) electrons. The van der Waals surface area contributed by atoms with E-state index in [0.717, 1.165) is 16.7 Å². The Labute approximate surface area is 121 Å². The number of hydrogen-bond acceptors (Lipinski definition) is 4. The molecule has 1 heterocycles. The molecule has 0 saturated heterocycles. The van der Waals surface area contributed by atoms with Crippen LogP contribution in [0.5, 0.6) is 11.5 Å². The van der Waals surface area contributed by atoms with Crippen molar-refractivity contribution in [2.24, 2.45) is 0 Å². The fourth-order valence-electron chi connectivity index (χ4n) is 1.91. The molecule has 0 unspecified atom stereocenters. The summed E-state index contributed by atoms with van der Waals surface area (Å²) in [6.45, 7) is 0. The topological polar surface area (TPSA) is 66.5 Å². The predicted octanol–water partition coefficient (Wildman–Crippen LogP) is 3.97. The number of aromatic hydroxyl groups is 2. The van der Waals surface area contributed by atoms with Crippen LogP contribution in [-0.4, -0.2) is 15.2 Å². The highest BCUT2D eigenvalue weighted by molar-refractivity contribution is 5.73. The third-order valence-corrected chi connectivity index (χ3v) is 2.95. The number of allylic oxidation sites excluding steroid dienone is 2. The van der Waals surface area contributed by atoms with Gasteiger partial charge in [0.1, 0.15) is 5.52 Å². The van der Waals surface area contributed by atoms with E-state index in [1.165, 1.54) is 12.1 Å². The molecular weight excluding hydrogens is 266 g/mol. The van der Waals surface area contributed by atoms with Gasteiger partial charge in [-0.2, -0.15) is 0 Å². The standard InChI is InChI=1S/C17H13NO3/c19-14-10-9-12(11-15(14)20)5-1-4-8-17-18-13-6-2-3-7-16(13)21-17/h1-11,19-20H/b5-1+,8-4+. The molecule has 0 saturated carbocycles. The minimum atomic E-state index is -0.139. The van der Waals surface area contributed by atoms with E-state index >= 15 is 0 Å². The van der Waals surface area contributed by atoms with Gasteiger partial charge in [-0.05, 0) is 29.8 Å². The zero-order chi connectivity index (χ0) is 14.7. The van der Waals surface area contributed by atoms with E-state index in [2.05, 4.69) is 4.98 Å². The SMILES string of the molecule is Oc1ccc(/C=C/C=C/c2nc3ccccc3o2)cc1O. The molecule has 4 heteroatoms. The molecule has 21 heavy (non-hydrogen) atoms. The molecule has 0 amide bonds. The van der Waals surface area contributed by atoms with Gasteiger partial charge >= 0.3 is 0 Å². The molecule has 0 atom stereocenters. The van der Waals surface area contributed by atoms with Crippen molar-refractivity contribution in [1.82, 2.24) is 4.98 Å². The van der Waals surface area contributed by atoms with Gasteiger partial charge in [-0.3, -0.25) is 0 Å². The molecule has 2 N–H and O–H groups in total. The van der Waals surface area contributed by atoms with E-state index in [9.17, 15) is 10.2 Å². The lowest BCUT2D eigenvalue weighted by Gasteiger charge is -1.97. The zero-order valence-electron chi connectivity index (χ0n) is 11.1. The Bertz CT molecular complexity index is 798. The van der Waals surface area contributed by atoms with Crippen LogP contribution in [0.15, 0.2) is 59.0 Å². The predicted molar refractivity (Wildman–Crippen MR) is 81.8 cm³/mol. The van der Waals surface area contributed by atoms with Gasteiger partial charge < -0.3 is 14.6 Å². The van der Waals surface area contributed by atoms with Crippen molar-refractivity contribution in [2.75, 3.05) is 0 Å². The van der Waals surface area contributed by atoms with E-state index in [1.54, 1.807) is 30.4 Å². The smallest absolute Gasteiger partial charge is 0.219 e. The Morgan fingerprint density at radius 2 is 1.71 bits per heavy atom. The molecule has 4 nitrogen and oxygen atoms in total. The Morgan fingerprint density at radius 3 is 2.52 bits per heavy atom. The first-order chi connectivity index (χ1) is 10.2. The molecule has 0 aliphatic carbocycles. The summed E-state index contributed by atoms with van der Waals surface area (Å²) in [6.07, 6.45) is 7.17. The Balaban J connectivity index is 1.73. The summed E-state index contributed by atoms with van der Waals surface area (Å²) >= 11 is 0. The quantitative estimate of drug-likeness (QED) is 0.562. The number of hydrogen-bond donors (Lipinski definition) is 2. The highest BCUT2D eigenvalue weighted by atomic mass is 16.3. The van der Waals surface area contributed by atoms with E-state index in [4.69, 9.17) is 4.42 Å². The maximum absolute atomic E-state index is 9.39. The van der Waals surface area contributed by atoms with Crippen LogP contribution in [0.4, 0.5) is 0 Å². The lowest BCUT2D eigenvalue weighted by Crippen LogP contribution is -1.72. The highest BCUT2D eigenvalue weighted by Gasteiger charge is 2.00. The first-order valence-corrected chi connectivity index (χ1v) is 6.45. The van der Waals surface area contributed by atoms with Gasteiger partial charge in [-0.15, -0.1) is 0 Å². The summed E-state index contributed by atoms with van der Waals surface area (Å²) in [6, 6.07) is 12.2. The molecule has 3 aromatic rings. The molecule has 0 fully saturated rings. The Kier molecular flexibility index (Phi) is 3.43. The summed E-state index contributed by atoms with van der Waals surface area (Å²) in [5.41, 5.74) is 2.36. The number of rotatable bonds is 3. The van der Waals surface area contributed by atoms with Crippen molar-refractivity contribution in [2.45, 2.75) is 0 Å². The number of oxazole rings is 1. The van der Waals surface area contributed by atoms with Crippen molar-refractivity contribution >= 4 is 23.3 Å². The normalized spacial score (nSPS) is 11.8. The van der Waals surface area contributed by atoms with Crippen LogP contribution in [0.3, 0.4) is 0 Å². The summed E-state index contributed by atoms with van der Waals surface area (Å²) < 4.78 is 5.55. The van der Waals surface area contributed by atoms with Crippen LogP contribution in [0, 0.1) is 0 Å². The van der Waals surface area contributed by atoms with E-state index in [-0.39, 0.29) is 11.5 Å². The summed E-state index contributed by atoms with van der Waals surface area (Å²) in [7, 11) is 0. The third-order valence-electron chi connectivity index (χ3n) is 2.95. The maximum Gasteiger partial charge on any atom is 0.219 e. The lowest BCUT2D eigenvalue weighted by molar-refractivity contribution is 0.403. The minimum absolute atomic E-state index is 0.130. The first kappa shape index (κ1) is 13.0. The molecule has 2 aromatic carbocycles. The molecule has 104 valence electrons. The summed E-state index contributed by atoms with van der Waals surface area (Å²) in [4.78, 5) is 4.32. The van der Waals surface area contributed by atoms with Crippen LogP contribution >= 0.6 is 0 Å². The van der Waals surface area contributed by atoms with Crippen LogP contribution in [0.1, 0.15) is 11.5 Å². The van der Waals surface area contributed by atoms with Crippen molar-refractivity contribution in [3.63, 3.8) is 0 Å². The summed E-state index contributed by atoms with van der Waals surface area (Å²) in [5.74, 6) is 0.267. The van der Waals surface area contributed by atoms with Crippen molar-refractivity contribution < 1.29 is 14.6 Å². The number of aromatic nitrogens is 1. The van der Waals surface area contributed by atoms with E-state index < -0.39 is 0 Å². The molecule has 1 aromatic heterocycles. The maximum atomic E-state index is 9.39. The average molecular weight is 279 g/mol. The second kappa shape index (κ2) is 5.54. The van der Waals surface area contributed by atoms with Crippen LogP contribution in [-0.2, 0) is 0 Å². The number of nitrogens with zero attached hydrogens (tertiary/aromatic N) is 1. The average Bonchev–Trinajstić information content (AvgIpc) is 2.90. The monoisotopic (exact) mass is 279 g/mol. The molecule has 0 spiro atoms. The number of benzene rings is 2. The molecule has 0 bridgehead atoms. The summed E-state index contributed by atoms with van der Waals surface area (Å²) in [5, 5.41) is 18.6. The van der Waals surface area contributed by atoms with Crippen LogP contribution in [0.2, 0.25) is 0 Å². The van der Waals surface area contributed by atoms with Gasteiger partial charge in [0.05, 0.1) is 0 Å². The Hall–Kier alpha value is -3.01. The van der Waals surface area contributed by atoms with Gasteiger partial charge in [-0.25, -0.2) is 4.98 Å². The molecular formula is C17H13NO3. The fourth-order valence-corrected chi connectivity index (χ4v) is 1.91. The van der Waals surface area contributed by atoms with Gasteiger partial charge in [0.15, 0.2) is 17.1 Å². The second-order valence-electron chi connectivity index (χ2n) is 4.49. The lowest BCUT2D eigenvalue weighted by atomic mass is 10.2. The highest BCUT2D eigenvalue weighted by Crippen LogP contribution is 2.25. The van der Waals surface area contributed by atoms with E-state index in [0.29, 0.717) is 5.89 Å². The Morgan fingerprint density at radius 1 is 0.905 bits per heavy atom. The molecule has 3 rings (SSSR count). The number of fused-ring (bicyclic) bond motifs is 1. The zero-order valence-corrected chi connectivity index (χ0v) is 11.1. The number of para-hydroxylation sites is 2. The molecule has 0 aliphatic rings. The van der Waals surface area contributed by atoms with Gasteiger partial charge in [0.25, 0.3) is 0 Å². The van der Waals surface area contributed by atoms with Crippen molar-refractivity contribution in [1.29, 1.82) is 0 Å². The van der Waals surface area contributed by atoms with Crippen LogP contribution in [0.25, 0.3) is 23.3 Å². The van der Waals surface area contributed by atoms with Crippen molar-refractivity contribution in [3.05, 3.63) is 66.1 Å². The number of phenols is 2. The van der Waals surface area contributed by atoms with Crippen LogP contribution < -0.4 is 0 Å². The largest absolute Gasteiger partial charge is 0.504 e. The van der Waals surface area contributed by atoms with Gasteiger partial charge in [0.2, 0.25) is 5.89 Å². The minimum Gasteiger partial charge on any atom is -0.504 e. The third kappa shape index (κ3) is 2.95. The first-order valence-electron chi connectivity index (χ1n) is 6.45. The van der Waals surface area contributed by atoms with Gasteiger partial charge in [0, 0.05) is 6.08 Å².